The molecule has 0 heterocycles. The zero-order chi connectivity index (χ0) is 10.8. The second-order valence-corrected chi connectivity index (χ2v) is 5.32. The fourth-order valence-electron chi connectivity index (χ4n) is 2.72. The standard InChI is InChI=1S/C12H21NO/c1-5-11(14)13-10-6-9(2)7-12(3,4)8-10/h5,9-10H,1,6-8H2,2-4H3,(H,13,14). The lowest BCUT2D eigenvalue weighted by atomic mass is 9.70. The maximum Gasteiger partial charge on any atom is 0.243 e. The summed E-state index contributed by atoms with van der Waals surface area (Å²) in [7, 11) is 0. The van der Waals surface area contributed by atoms with Gasteiger partial charge >= 0.3 is 0 Å². The van der Waals surface area contributed by atoms with Gasteiger partial charge in [-0.25, -0.2) is 0 Å². The predicted octanol–water partition coefficient (Wildman–Crippen LogP) is 2.50. The van der Waals surface area contributed by atoms with Crippen molar-refractivity contribution in [2.24, 2.45) is 11.3 Å². The normalized spacial score (nSPS) is 30.8. The van der Waals surface area contributed by atoms with Gasteiger partial charge in [0.05, 0.1) is 0 Å². The fraction of sp³-hybridized carbons (Fsp3) is 0.750. The summed E-state index contributed by atoms with van der Waals surface area (Å²) in [5.74, 6) is 0.661. The van der Waals surface area contributed by atoms with Gasteiger partial charge in [-0.15, -0.1) is 0 Å². The van der Waals surface area contributed by atoms with E-state index in [-0.39, 0.29) is 5.91 Å². The molecule has 1 rings (SSSR count). The van der Waals surface area contributed by atoms with Crippen LogP contribution in [-0.2, 0) is 4.79 Å². The van der Waals surface area contributed by atoms with E-state index in [0.29, 0.717) is 17.4 Å². The van der Waals surface area contributed by atoms with E-state index in [4.69, 9.17) is 0 Å². The summed E-state index contributed by atoms with van der Waals surface area (Å²) in [6.45, 7) is 10.3. The average Bonchev–Trinajstić information content (AvgIpc) is 1.99. The molecule has 0 saturated heterocycles. The summed E-state index contributed by atoms with van der Waals surface area (Å²) in [5, 5.41) is 3.00. The second-order valence-electron chi connectivity index (χ2n) is 5.32. The maximum atomic E-state index is 11.2. The molecule has 2 atom stereocenters. The van der Waals surface area contributed by atoms with E-state index in [1.807, 2.05) is 0 Å². The number of carbonyl (C=O) groups is 1. The van der Waals surface area contributed by atoms with Gasteiger partial charge in [-0.1, -0.05) is 27.4 Å². The monoisotopic (exact) mass is 195 g/mol. The quantitative estimate of drug-likeness (QED) is 0.674. The Bertz CT molecular complexity index is 232. The summed E-state index contributed by atoms with van der Waals surface area (Å²) in [6, 6.07) is 0.333. The number of hydrogen-bond acceptors (Lipinski definition) is 1. The predicted molar refractivity (Wildman–Crippen MR) is 58.9 cm³/mol. The van der Waals surface area contributed by atoms with Crippen LogP contribution in [0.5, 0.6) is 0 Å². The van der Waals surface area contributed by atoms with Crippen LogP contribution in [0.4, 0.5) is 0 Å². The zero-order valence-corrected chi connectivity index (χ0v) is 9.47. The summed E-state index contributed by atoms with van der Waals surface area (Å²) < 4.78 is 0. The van der Waals surface area contributed by atoms with Crippen molar-refractivity contribution in [3.8, 4) is 0 Å². The molecule has 1 fully saturated rings. The molecule has 14 heavy (non-hydrogen) atoms. The lowest BCUT2D eigenvalue weighted by Crippen LogP contribution is -2.42. The highest BCUT2D eigenvalue weighted by atomic mass is 16.1. The van der Waals surface area contributed by atoms with Crippen LogP contribution in [0.15, 0.2) is 12.7 Å². The van der Waals surface area contributed by atoms with Gasteiger partial charge in [0.1, 0.15) is 0 Å². The molecule has 0 aromatic carbocycles. The smallest absolute Gasteiger partial charge is 0.243 e. The molecule has 0 bridgehead atoms. The van der Waals surface area contributed by atoms with Gasteiger partial charge in [-0.05, 0) is 36.7 Å². The SMILES string of the molecule is C=CC(=O)NC1CC(C)CC(C)(C)C1. The minimum atomic E-state index is -0.0418. The highest BCUT2D eigenvalue weighted by Gasteiger charge is 2.32. The molecule has 1 N–H and O–H groups in total. The Morgan fingerprint density at radius 2 is 2.14 bits per heavy atom. The van der Waals surface area contributed by atoms with Crippen molar-refractivity contribution in [2.75, 3.05) is 0 Å². The van der Waals surface area contributed by atoms with Crippen LogP contribution >= 0.6 is 0 Å². The van der Waals surface area contributed by atoms with Crippen molar-refractivity contribution in [1.82, 2.24) is 5.32 Å². The van der Waals surface area contributed by atoms with E-state index < -0.39 is 0 Å². The van der Waals surface area contributed by atoms with Crippen molar-refractivity contribution in [1.29, 1.82) is 0 Å². The Kier molecular flexibility index (Phi) is 3.35. The highest BCUT2D eigenvalue weighted by molar-refractivity contribution is 5.87. The van der Waals surface area contributed by atoms with E-state index in [2.05, 4.69) is 32.7 Å². The van der Waals surface area contributed by atoms with Crippen LogP contribution in [0.2, 0.25) is 0 Å². The Morgan fingerprint density at radius 1 is 1.50 bits per heavy atom. The Balaban J connectivity index is 2.54. The molecular weight excluding hydrogens is 174 g/mol. The number of rotatable bonds is 2. The van der Waals surface area contributed by atoms with Crippen molar-refractivity contribution >= 4 is 5.91 Å². The minimum Gasteiger partial charge on any atom is -0.350 e. The first-order valence-corrected chi connectivity index (χ1v) is 5.36. The average molecular weight is 195 g/mol. The summed E-state index contributed by atoms with van der Waals surface area (Å²) in [6.07, 6.45) is 4.79. The Labute approximate surface area is 86.8 Å². The van der Waals surface area contributed by atoms with Gasteiger partial charge in [0.15, 0.2) is 0 Å². The first-order chi connectivity index (χ1) is 6.43. The first-order valence-electron chi connectivity index (χ1n) is 5.36. The van der Waals surface area contributed by atoms with Crippen LogP contribution in [0.3, 0.4) is 0 Å². The van der Waals surface area contributed by atoms with Gasteiger partial charge in [0.2, 0.25) is 5.91 Å². The highest BCUT2D eigenvalue weighted by Crippen LogP contribution is 2.38. The van der Waals surface area contributed by atoms with Crippen molar-refractivity contribution in [3.63, 3.8) is 0 Å². The molecular formula is C12H21NO. The van der Waals surface area contributed by atoms with E-state index >= 15 is 0 Å². The van der Waals surface area contributed by atoms with Crippen molar-refractivity contribution < 1.29 is 4.79 Å². The van der Waals surface area contributed by atoms with E-state index in [1.54, 1.807) is 0 Å². The number of hydrogen-bond donors (Lipinski definition) is 1. The third-order valence-corrected chi connectivity index (χ3v) is 2.92. The second kappa shape index (κ2) is 4.16. The maximum absolute atomic E-state index is 11.2. The van der Waals surface area contributed by atoms with Gasteiger partial charge in [0.25, 0.3) is 0 Å². The largest absolute Gasteiger partial charge is 0.350 e. The topological polar surface area (TPSA) is 29.1 Å². The zero-order valence-electron chi connectivity index (χ0n) is 9.47. The number of carbonyl (C=O) groups excluding carboxylic acids is 1. The molecule has 2 heteroatoms. The van der Waals surface area contributed by atoms with Crippen LogP contribution in [0, 0.1) is 11.3 Å². The third-order valence-electron chi connectivity index (χ3n) is 2.92. The van der Waals surface area contributed by atoms with E-state index in [1.165, 1.54) is 12.5 Å². The molecule has 1 aliphatic rings. The van der Waals surface area contributed by atoms with Crippen LogP contribution in [0.1, 0.15) is 40.0 Å². The summed E-state index contributed by atoms with van der Waals surface area (Å²) in [5.41, 5.74) is 0.358. The molecule has 1 amide bonds. The summed E-state index contributed by atoms with van der Waals surface area (Å²) >= 11 is 0. The van der Waals surface area contributed by atoms with Crippen molar-refractivity contribution in [3.05, 3.63) is 12.7 Å². The first kappa shape index (κ1) is 11.3. The summed E-state index contributed by atoms with van der Waals surface area (Å²) in [4.78, 5) is 11.2. The van der Waals surface area contributed by atoms with E-state index in [0.717, 1.165) is 12.8 Å². The van der Waals surface area contributed by atoms with Gasteiger partial charge in [-0.3, -0.25) is 4.79 Å². The van der Waals surface area contributed by atoms with Crippen molar-refractivity contribution in [2.45, 2.75) is 46.1 Å². The number of nitrogens with one attached hydrogen (secondary N) is 1. The molecule has 1 aliphatic carbocycles. The minimum absolute atomic E-state index is 0.0418. The fourth-order valence-corrected chi connectivity index (χ4v) is 2.72. The lowest BCUT2D eigenvalue weighted by Gasteiger charge is -2.39. The molecule has 2 nitrogen and oxygen atoms in total. The van der Waals surface area contributed by atoms with Gasteiger partial charge in [0, 0.05) is 6.04 Å². The Morgan fingerprint density at radius 3 is 2.64 bits per heavy atom. The molecule has 0 aliphatic heterocycles. The Hall–Kier alpha value is -0.790. The molecule has 0 radical (unpaired) electrons. The van der Waals surface area contributed by atoms with E-state index in [9.17, 15) is 4.79 Å². The molecule has 0 aromatic rings. The molecule has 2 unspecified atom stereocenters. The van der Waals surface area contributed by atoms with Gasteiger partial charge < -0.3 is 5.32 Å². The number of amides is 1. The van der Waals surface area contributed by atoms with Gasteiger partial charge in [-0.2, -0.15) is 0 Å². The lowest BCUT2D eigenvalue weighted by molar-refractivity contribution is -0.117. The third kappa shape index (κ3) is 3.17. The van der Waals surface area contributed by atoms with Crippen LogP contribution in [0.25, 0.3) is 0 Å². The van der Waals surface area contributed by atoms with Crippen LogP contribution < -0.4 is 5.32 Å². The van der Waals surface area contributed by atoms with Crippen LogP contribution in [-0.4, -0.2) is 11.9 Å². The molecule has 1 saturated carbocycles. The molecule has 0 spiro atoms. The molecule has 0 aromatic heterocycles. The molecule has 80 valence electrons.